The number of thioether (sulfide) groups is 1. The van der Waals surface area contributed by atoms with Gasteiger partial charge in [0.15, 0.2) is 0 Å². The van der Waals surface area contributed by atoms with E-state index in [0.717, 1.165) is 31.0 Å². The predicted molar refractivity (Wildman–Crippen MR) is 425 cm³/mol. The van der Waals surface area contributed by atoms with Crippen molar-refractivity contribution in [1.29, 1.82) is 0 Å². The summed E-state index contributed by atoms with van der Waals surface area (Å²) in [5.74, 6) is -20.0. The van der Waals surface area contributed by atoms with Gasteiger partial charge in [-0.25, -0.2) is 0 Å². The third-order valence-electron chi connectivity index (χ3n) is 19.5. The molecule has 4 aromatic carbocycles. The lowest BCUT2D eigenvalue weighted by Crippen LogP contribution is -2.65. The first kappa shape index (κ1) is 92.4. The standard InChI is InChI=1S/C77H101N19O21S/c1-39(97)64-75(115)92-56(34-45-37-84-48-12-6-5-11-47(45)48)71(111)87-49(19-22-59(79)99)66(106)93-58(38-118-30-25-52(85-40(2)98)68(108)86-50(69(109)95-64)20-23-60(80)100)73(113)89-54(32-41-14-17-46(18-15-41)117-29-28-78)70(110)90-55(33-42-13-16-43-9-3-4-10-44(43)31-42)74(114)96-77(26-7-8-27-77)76(116)94-51(21-24-63(103)104)67(107)91-57(36-62(82)102)72(112)88-53(65(83)105)35-61(81)101/h3-6,9-18,31,37,39,49-58,64,84,97H,7-8,19-30,32-36,38,78H2,1-2H3,(H2,79,99)(H2,80,100)(H2,81,101)(H2,82,102)(H2,83,105)(H,85,98)(H,86,108)(H,87,111)(H,88,112)(H,89,113)(H,90,110)(H,91,107)(H,92,115)(H,93,106)(H,94,116)(H,95,109)(H,96,114)(H,103,104)/t39-,49+,50+,51+,52+,53+,54+,55+,56+,57+,58+,64+/m1/s1. The van der Waals surface area contributed by atoms with Gasteiger partial charge in [0.05, 0.1) is 18.9 Å². The number of carboxylic acids is 1. The molecular weight excluding hydrogens is 1560 g/mol. The van der Waals surface area contributed by atoms with Crippen LogP contribution in [0.2, 0.25) is 0 Å². The van der Waals surface area contributed by atoms with Gasteiger partial charge >= 0.3 is 5.97 Å². The first-order chi connectivity index (χ1) is 56.0. The molecule has 1 aliphatic heterocycles. The van der Waals surface area contributed by atoms with Crippen LogP contribution in [0.1, 0.15) is 114 Å². The van der Waals surface area contributed by atoms with Gasteiger partial charge in [-0.1, -0.05) is 85.6 Å². The van der Waals surface area contributed by atoms with Crippen LogP contribution in [-0.2, 0) is 106 Å². The minimum Gasteiger partial charge on any atom is -0.492 e. The van der Waals surface area contributed by atoms with Gasteiger partial charge in [-0.15, -0.1) is 0 Å². The van der Waals surface area contributed by atoms with Crippen molar-refractivity contribution < 1.29 is 101 Å². The van der Waals surface area contributed by atoms with Crippen molar-refractivity contribution in [2.45, 2.75) is 195 Å². The van der Waals surface area contributed by atoms with E-state index in [2.05, 4.69) is 68.8 Å². The van der Waals surface area contributed by atoms with Crippen LogP contribution in [-0.4, -0.2) is 224 Å². The van der Waals surface area contributed by atoms with E-state index < -0.39 is 248 Å². The van der Waals surface area contributed by atoms with Crippen molar-refractivity contribution in [2.24, 2.45) is 34.4 Å². The Morgan fingerprint density at radius 2 is 1.14 bits per heavy atom. The maximum atomic E-state index is 15.7. The monoisotopic (exact) mass is 1660 g/mol. The van der Waals surface area contributed by atoms with Crippen molar-refractivity contribution >= 4 is 140 Å². The van der Waals surface area contributed by atoms with Crippen LogP contribution in [0.4, 0.5) is 0 Å². The highest BCUT2D eigenvalue weighted by Gasteiger charge is 2.46. The Labute approximate surface area is 680 Å². The number of aliphatic carboxylic acids is 1. The smallest absolute Gasteiger partial charge is 0.303 e. The molecule has 2 fully saturated rings. The minimum absolute atomic E-state index is 0.107. The Morgan fingerprint density at radius 3 is 1.75 bits per heavy atom. The number of H-pyrrole nitrogens is 1. The van der Waals surface area contributed by atoms with Crippen molar-refractivity contribution in [3.8, 4) is 5.75 Å². The number of amides is 17. The fourth-order valence-electron chi connectivity index (χ4n) is 13.3. The molecule has 2 heterocycles. The topological polar surface area (TPSA) is 673 Å². The lowest BCUT2D eigenvalue weighted by Gasteiger charge is -2.33. The molecule has 2 aliphatic rings. The number of carbonyl (C=O) groups excluding carboxylic acids is 17. The van der Waals surface area contributed by atoms with E-state index in [9.17, 15) is 67.7 Å². The zero-order valence-electron chi connectivity index (χ0n) is 64.8. The van der Waals surface area contributed by atoms with Crippen molar-refractivity contribution in [3.05, 3.63) is 114 Å². The Morgan fingerprint density at radius 1 is 0.585 bits per heavy atom. The molecule has 0 unspecified atom stereocenters. The summed E-state index contributed by atoms with van der Waals surface area (Å²) in [6.07, 6.45) is -6.51. The maximum absolute atomic E-state index is 15.7. The van der Waals surface area contributed by atoms with E-state index >= 15 is 28.8 Å². The van der Waals surface area contributed by atoms with Crippen LogP contribution >= 0.6 is 11.8 Å². The Bertz CT molecular complexity index is 4540. The molecule has 636 valence electrons. The molecule has 118 heavy (non-hydrogen) atoms. The number of rotatable bonds is 37. The molecule has 1 saturated carbocycles. The highest BCUT2D eigenvalue weighted by Crippen LogP contribution is 2.31. The number of aliphatic hydroxyl groups excluding tert-OH is 1. The maximum Gasteiger partial charge on any atom is 0.303 e. The number of ether oxygens (including phenoxy) is 1. The number of aliphatic hydroxyl groups is 1. The van der Waals surface area contributed by atoms with E-state index in [-0.39, 0.29) is 63.9 Å². The summed E-state index contributed by atoms with van der Waals surface area (Å²) >= 11 is 0.912. The lowest BCUT2D eigenvalue weighted by molar-refractivity contribution is -0.140. The summed E-state index contributed by atoms with van der Waals surface area (Å²) in [5.41, 5.74) is 32.7. The fourth-order valence-corrected chi connectivity index (χ4v) is 14.3. The van der Waals surface area contributed by atoms with Crippen molar-refractivity contribution in [3.63, 3.8) is 0 Å². The molecule has 41 heteroatoms. The van der Waals surface area contributed by atoms with Crippen LogP contribution in [0.15, 0.2) is 97.2 Å². The lowest BCUT2D eigenvalue weighted by atomic mass is 9.93. The zero-order chi connectivity index (χ0) is 86.5. The largest absolute Gasteiger partial charge is 0.492 e. The van der Waals surface area contributed by atoms with E-state index in [1.165, 1.54) is 0 Å². The molecule has 1 aliphatic carbocycles. The predicted octanol–water partition coefficient (Wildman–Crippen LogP) is -5.38. The second-order valence-corrected chi connectivity index (χ2v) is 29.9. The summed E-state index contributed by atoms with van der Waals surface area (Å²) in [6, 6.07) is 6.13. The van der Waals surface area contributed by atoms with Gasteiger partial charge in [0.25, 0.3) is 0 Å². The van der Waals surface area contributed by atoms with Gasteiger partial charge in [-0.3, -0.25) is 86.3 Å². The number of nitrogens with two attached hydrogens (primary N) is 6. The molecule has 40 nitrogen and oxygen atoms in total. The second-order valence-electron chi connectivity index (χ2n) is 28.8. The number of carbonyl (C=O) groups is 18. The molecule has 17 amide bonds. The Hall–Kier alpha value is -12.8. The number of benzene rings is 4. The number of hydrogen-bond donors (Lipinski definition) is 21. The first-order valence-electron chi connectivity index (χ1n) is 38.0. The van der Waals surface area contributed by atoms with Crippen LogP contribution in [0.5, 0.6) is 5.75 Å². The first-order valence-corrected chi connectivity index (χ1v) is 39.2. The number of para-hydroxylation sites is 1. The van der Waals surface area contributed by atoms with Crippen LogP contribution in [0.3, 0.4) is 0 Å². The van der Waals surface area contributed by atoms with Crippen molar-refractivity contribution in [1.82, 2.24) is 68.8 Å². The molecule has 1 saturated heterocycles. The number of fused-ring (bicyclic) bond motifs is 2. The fraction of sp³-hybridized carbons (Fsp3) is 0.455. The van der Waals surface area contributed by atoms with Gasteiger partial charge < -0.3 is 118 Å². The summed E-state index contributed by atoms with van der Waals surface area (Å²) < 4.78 is 5.71. The van der Waals surface area contributed by atoms with Gasteiger partial charge in [-0.05, 0) is 96.9 Å². The third-order valence-corrected chi connectivity index (χ3v) is 20.6. The zero-order valence-corrected chi connectivity index (χ0v) is 65.6. The van der Waals surface area contributed by atoms with Crippen LogP contribution in [0, 0.1) is 0 Å². The third kappa shape index (κ3) is 28.3. The highest BCUT2D eigenvalue weighted by atomic mass is 32.2. The number of carboxylic acid groups (broad SMARTS) is 1. The van der Waals surface area contributed by atoms with Gasteiger partial charge in [0, 0.05) is 74.8 Å². The molecule has 0 bridgehead atoms. The van der Waals surface area contributed by atoms with E-state index in [4.69, 9.17) is 39.1 Å². The molecule has 7 rings (SSSR count). The molecule has 0 spiro atoms. The normalized spacial score (nSPS) is 19.6. The molecule has 0 radical (unpaired) electrons. The number of aromatic amines is 1. The molecule has 1 aromatic heterocycles. The molecular formula is C77H101N19O21S. The van der Waals surface area contributed by atoms with E-state index in [1.807, 2.05) is 6.07 Å². The average Bonchev–Trinajstić information content (AvgIpc) is 1.57. The summed E-state index contributed by atoms with van der Waals surface area (Å²) in [6.45, 7) is 2.47. The van der Waals surface area contributed by atoms with E-state index in [0.29, 0.717) is 38.7 Å². The van der Waals surface area contributed by atoms with Gasteiger partial charge in [0.1, 0.15) is 84.4 Å². The highest BCUT2D eigenvalue weighted by molar-refractivity contribution is 7.99. The van der Waals surface area contributed by atoms with Gasteiger partial charge in [0.2, 0.25) is 100 Å². The number of primary amides is 5. The average molecular weight is 1660 g/mol. The van der Waals surface area contributed by atoms with Crippen molar-refractivity contribution in [2.75, 3.05) is 24.7 Å². The van der Waals surface area contributed by atoms with Crippen LogP contribution in [0.25, 0.3) is 21.7 Å². The molecule has 5 aromatic rings. The number of aromatic nitrogens is 1. The summed E-state index contributed by atoms with van der Waals surface area (Å²) in [4.78, 5) is 252. The van der Waals surface area contributed by atoms with Gasteiger partial charge in [-0.2, -0.15) is 11.8 Å². The molecule has 12 atom stereocenters. The number of nitrogens with one attached hydrogen (secondary N) is 13. The Balaban J connectivity index is 1.29. The summed E-state index contributed by atoms with van der Waals surface area (Å²) in [7, 11) is 0. The van der Waals surface area contributed by atoms with Crippen LogP contribution < -0.4 is 103 Å². The van der Waals surface area contributed by atoms with E-state index in [1.54, 1.807) is 91.1 Å². The quantitative estimate of drug-likeness (QED) is 0.0176. The minimum atomic E-state index is -1.95. The second kappa shape index (κ2) is 44.3. The Kier molecular flexibility index (Phi) is 34.7. The molecule has 27 N–H and O–H groups in total. The SMILES string of the molecule is CC(=O)N[C@H]1CCSC[C@@H](C(=O)N[C@@H](Cc2ccc(OCCN)cc2)C(=O)N[C@@H](Cc2ccc3ccccc3c2)C(=O)NC2(C(=O)N[C@@H](CCC(=O)O)C(=O)N[C@@H](CC(N)=O)C(=O)N[C@@H](CC(N)=O)C(N)=O)CCCC2)NC(=O)[C@H](CCC(N)=O)NC(=O)[C@H](Cc2c[nH]c3ccccc23)NC(=O)[C@H]([C@@H](C)O)NC(=O)[C@H](CCC(N)=O)NC1=O. The number of hydrogen-bond acceptors (Lipinski definition) is 22. The summed E-state index contributed by atoms with van der Waals surface area (Å²) in [5, 5.41) is 53.2.